The van der Waals surface area contributed by atoms with E-state index in [1.54, 1.807) is 25.1 Å². The van der Waals surface area contributed by atoms with E-state index in [1.165, 1.54) is 4.90 Å². The smallest absolute Gasteiger partial charge is 0.261 e. The standard InChI is InChI=1S/C24H30Cl2N2O3/c1-6-17(4)27-24(30)18(5)28(13-20-21(25)8-7-9-22(20)26)23(29)14-31-19-11-10-15(2)16(3)12-19/h7-12,17-18H,6,13-14H2,1-5H3,(H,27,30)/t17-,18+/m1/s1. The first kappa shape index (κ1) is 25.0. The van der Waals surface area contributed by atoms with E-state index in [-0.39, 0.29) is 31.0 Å². The fourth-order valence-electron chi connectivity index (χ4n) is 2.93. The van der Waals surface area contributed by atoms with Gasteiger partial charge in [0, 0.05) is 28.2 Å². The highest BCUT2D eigenvalue weighted by atomic mass is 35.5. The average molecular weight is 465 g/mol. The number of nitrogens with zero attached hydrogens (tertiary/aromatic N) is 1. The van der Waals surface area contributed by atoms with E-state index in [2.05, 4.69) is 5.32 Å². The summed E-state index contributed by atoms with van der Waals surface area (Å²) < 4.78 is 5.73. The van der Waals surface area contributed by atoms with Gasteiger partial charge in [0.25, 0.3) is 5.91 Å². The molecule has 0 fully saturated rings. The van der Waals surface area contributed by atoms with Crippen molar-refractivity contribution in [1.82, 2.24) is 10.2 Å². The molecule has 2 aromatic carbocycles. The van der Waals surface area contributed by atoms with Gasteiger partial charge in [-0.25, -0.2) is 0 Å². The number of rotatable bonds is 9. The zero-order valence-electron chi connectivity index (χ0n) is 18.7. The molecule has 0 aliphatic carbocycles. The van der Waals surface area contributed by atoms with Gasteiger partial charge in [0.05, 0.1) is 0 Å². The van der Waals surface area contributed by atoms with Crippen LogP contribution in [0.5, 0.6) is 5.75 Å². The SMILES string of the molecule is CC[C@@H](C)NC(=O)[C@H](C)N(Cc1c(Cl)cccc1Cl)C(=O)COc1ccc(C)c(C)c1. The van der Waals surface area contributed by atoms with Crippen molar-refractivity contribution in [3.05, 3.63) is 63.1 Å². The van der Waals surface area contributed by atoms with E-state index in [0.29, 0.717) is 21.4 Å². The van der Waals surface area contributed by atoms with Crippen molar-refractivity contribution in [3.63, 3.8) is 0 Å². The Morgan fingerprint density at radius 3 is 2.29 bits per heavy atom. The molecular formula is C24H30Cl2N2O3. The lowest BCUT2D eigenvalue weighted by Crippen LogP contribution is -2.50. The Labute approximate surface area is 194 Å². The van der Waals surface area contributed by atoms with E-state index < -0.39 is 6.04 Å². The number of aryl methyl sites for hydroxylation is 2. The summed E-state index contributed by atoms with van der Waals surface area (Å²) in [7, 11) is 0. The van der Waals surface area contributed by atoms with Crippen LogP contribution in [0.2, 0.25) is 10.0 Å². The largest absolute Gasteiger partial charge is 0.484 e. The minimum Gasteiger partial charge on any atom is -0.484 e. The molecule has 0 radical (unpaired) electrons. The van der Waals surface area contributed by atoms with Crippen LogP contribution in [0.1, 0.15) is 43.9 Å². The minimum atomic E-state index is -0.725. The molecule has 0 aliphatic rings. The Morgan fingerprint density at radius 1 is 1.06 bits per heavy atom. The molecule has 2 aromatic rings. The zero-order valence-corrected chi connectivity index (χ0v) is 20.2. The number of ether oxygens (including phenoxy) is 1. The molecule has 0 heterocycles. The van der Waals surface area contributed by atoms with Crippen molar-refractivity contribution in [2.75, 3.05) is 6.61 Å². The van der Waals surface area contributed by atoms with Crippen molar-refractivity contribution in [3.8, 4) is 5.75 Å². The molecule has 0 bridgehead atoms. The predicted octanol–water partition coefficient (Wildman–Crippen LogP) is 5.32. The minimum absolute atomic E-state index is 0.00240. The normalized spacial score (nSPS) is 12.7. The molecule has 168 valence electrons. The van der Waals surface area contributed by atoms with Crippen LogP contribution in [0, 0.1) is 13.8 Å². The molecule has 31 heavy (non-hydrogen) atoms. The lowest BCUT2D eigenvalue weighted by Gasteiger charge is -2.30. The van der Waals surface area contributed by atoms with Crippen molar-refractivity contribution in [1.29, 1.82) is 0 Å². The third kappa shape index (κ3) is 6.88. The molecule has 0 saturated heterocycles. The highest BCUT2D eigenvalue weighted by molar-refractivity contribution is 6.36. The summed E-state index contributed by atoms with van der Waals surface area (Å²) in [5.74, 6) is 0.0296. The van der Waals surface area contributed by atoms with Gasteiger partial charge in [-0.2, -0.15) is 0 Å². The van der Waals surface area contributed by atoms with Gasteiger partial charge >= 0.3 is 0 Å². The fraction of sp³-hybridized carbons (Fsp3) is 0.417. The molecule has 0 unspecified atom stereocenters. The molecule has 0 saturated carbocycles. The van der Waals surface area contributed by atoms with Crippen molar-refractivity contribution in [2.24, 2.45) is 0 Å². The first-order chi connectivity index (χ1) is 14.6. The van der Waals surface area contributed by atoms with E-state index in [9.17, 15) is 9.59 Å². The van der Waals surface area contributed by atoms with Crippen molar-refractivity contribution < 1.29 is 14.3 Å². The average Bonchev–Trinajstić information content (AvgIpc) is 2.73. The molecule has 2 rings (SSSR count). The lowest BCUT2D eigenvalue weighted by atomic mass is 10.1. The van der Waals surface area contributed by atoms with Crippen LogP contribution < -0.4 is 10.1 Å². The van der Waals surface area contributed by atoms with E-state index >= 15 is 0 Å². The van der Waals surface area contributed by atoms with Gasteiger partial charge in [-0.1, -0.05) is 42.3 Å². The van der Waals surface area contributed by atoms with Crippen molar-refractivity contribution >= 4 is 35.0 Å². The van der Waals surface area contributed by atoms with Crippen LogP contribution in [0.4, 0.5) is 0 Å². The van der Waals surface area contributed by atoms with Gasteiger partial charge in [-0.3, -0.25) is 9.59 Å². The zero-order chi connectivity index (χ0) is 23.1. The lowest BCUT2D eigenvalue weighted by molar-refractivity contribution is -0.142. The second kappa shape index (κ2) is 11.4. The molecule has 2 atom stereocenters. The number of amides is 2. The maximum Gasteiger partial charge on any atom is 0.261 e. The maximum atomic E-state index is 13.1. The quantitative estimate of drug-likeness (QED) is 0.545. The van der Waals surface area contributed by atoms with Gasteiger partial charge in [0.15, 0.2) is 6.61 Å². The molecule has 1 N–H and O–H groups in total. The van der Waals surface area contributed by atoms with Crippen LogP contribution in [-0.2, 0) is 16.1 Å². The molecular weight excluding hydrogens is 435 g/mol. The number of carbonyl (C=O) groups excluding carboxylic acids is 2. The summed E-state index contributed by atoms with van der Waals surface area (Å²) in [6.07, 6.45) is 0.790. The third-order valence-corrected chi connectivity index (χ3v) is 6.11. The van der Waals surface area contributed by atoms with E-state index in [0.717, 1.165) is 17.5 Å². The Hall–Kier alpha value is -2.24. The summed E-state index contributed by atoms with van der Waals surface area (Å²) in [6, 6.07) is 10.1. The summed E-state index contributed by atoms with van der Waals surface area (Å²) >= 11 is 12.6. The first-order valence-corrected chi connectivity index (χ1v) is 11.1. The second-order valence-corrected chi connectivity index (χ2v) is 8.56. The van der Waals surface area contributed by atoms with Gasteiger partial charge in [0.1, 0.15) is 11.8 Å². The summed E-state index contributed by atoms with van der Waals surface area (Å²) in [5, 5.41) is 3.81. The number of hydrogen-bond acceptors (Lipinski definition) is 3. The number of nitrogens with one attached hydrogen (secondary N) is 1. The van der Waals surface area contributed by atoms with E-state index in [4.69, 9.17) is 27.9 Å². The van der Waals surface area contributed by atoms with Crippen LogP contribution in [0.15, 0.2) is 36.4 Å². The summed E-state index contributed by atoms with van der Waals surface area (Å²) in [5.41, 5.74) is 2.81. The molecule has 0 aliphatic heterocycles. The molecule has 0 spiro atoms. The van der Waals surface area contributed by atoms with Crippen LogP contribution in [0.25, 0.3) is 0 Å². The van der Waals surface area contributed by atoms with E-state index in [1.807, 2.05) is 45.9 Å². The first-order valence-electron chi connectivity index (χ1n) is 10.4. The Kier molecular flexibility index (Phi) is 9.20. The third-order valence-electron chi connectivity index (χ3n) is 5.40. The van der Waals surface area contributed by atoms with Gasteiger partial charge in [-0.05, 0) is 69.5 Å². The highest BCUT2D eigenvalue weighted by Gasteiger charge is 2.28. The monoisotopic (exact) mass is 464 g/mol. The van der Waals surface area contributed by atoms with Crippen LogP contribution in [0.3, 0.4) is 0 Å². The van der Waals surface area contributed by atoms with Gasteiger partial charge < -0.3 is 15.0 Å². The Morgan fingerprint density at radius 2 is 1.71 bits per heavy atom. The molecule has 5 nitrogen and oxygen atoms in total. The number of hydrogen-bond donors (Lipinski definition) is 1. The summed E-state index contributed by atoms with van der Waals surface area (Å²) in [4.78, 5) is 27.3. The predicted molar refractivity (Wildman–Crippen MR) is 126 cm³/mol. The molecule has 0 aromatic heterocycles. The second-order valence-electron chi connectivity index (χ2n) is 7.75. The topological polar surface area (TPSA) is 58.6 Å². The molecule has 2 amide bonds. The number of carbonyl (C=O) groups is 2. The van der Waals surface area contributed by atoms with Crippen LogP contribution in [-0.4, -0.2) is 35.4 Å². The number of halogens is 2. The van der Waals surface area contributed by atoms with Crippen molar-refractivity contribution in [2.45, 2.75) is 59.7 Å². The fourth-order valence-corrected chi connectivity index (χ4v) is 3.45. The highest BCUT2D eigenvalue weighted by Crippen LogP contribution is 2.27. The maximum absolute atomic E-state index is 13.1. The number of benzene rings is 2. The Balaban J connectivity index is 2.23. The molecule has 7 heteroatoms. The summed E-state index contributed by atoms with van der Waals surface area (Å²) in [6.45, 7) is 9.49. The van der Waals surface area contributed by atoms with Gasteiger partial charge in [0.2, 0.25) is 5.91 Å². The van der Waals surface area contributed by atoms with Gasteiger partial charge in [-0.15, -0.1) is 0 Å². The Bertz CT molecular complexity index is 913. The van der Waals surface area contributed by atoms with Crippen LogP contribution >= 0.6 is 23.2 Å².